The normalized spacial score (nSPS) is 15.1. The average molecular weight is 259 g/mol. The Morgan fingerprint density at radius 3 is 2.95 bits per heavy atom. The summed E-state index contributed by atoms with van der Waals surface area (Å²) in [5, 5.41) is 7.69. The van der Waals surface area contributed by atoms with Crippen LogP contribution < -0.4 is 4.74 Å². The molecule has 1 amide bonds. The van der Waals surface area contributed by atoms with Crippen LogP contribution in [0.5, 0.6) is 5.88 Å². The summed E-state index contributed by atoms with van der Waals surface area (Å²) in [5.41, 5.74) is 0.488. The molecule has 0 radical (unpaired) electrons. The van der Waals surface area contributed by atoms with Crippen molar-refractivity contribution in [3.63, 3.8) is 0 Å². The summed E-state index contributed by atoms with van der Waals surface area (Å²) in [4.78, 5) is 18.1. The molecule has 7 heteroatoms. The van der Waals surface area contributed by atoms with Crippen LogP contribution in [0.2, 0.25) is 0 Å². The maximum Gasteiger partial charge on any atom is 0.259 e. The summed E-state index contributed by atoms with van der Waals surface area (Å²) in [6.45, 7) is 1.25. The highest BCUT2D eigenvalue weighted by Crippen LogP contribution is 2.24. The topological polar surface area (TPSA) is 73.1 Å². The van der Waals surface area contributed by atoms with Gasteiger partial charge in [0.1, 0.15) is 5.56 Å². The molecule has 0 bridgehead atoms. The number of methoxy groups -OCH3 is 1. The van der Waals surface area contributed by atoms with Crippen molar-refractivity contribution in [2.45, 2.75) is 6.04 Å². The molecule has 0 atom stereocenters. The maximum absolute atomic E-state index is 12.3. The SMILES string of the molecule is COc1ncccc1C(=O)N1CC(n2ccnn2)C1. The van der Waals surface area contributed by atoms with Crippen LogP contribution in [-0.4, -0.2) is 51.0 Å². The van der Waals surface area contributed by atoms with Crippen LogP contribution in [0.4, 0.5) is 0 Å². The smallest absolute Gasteiger partial charge is 0.259 e. The predicted octanol–water partition coefficient (Wildman–Crippen LogP) is 0.379. The van der Waals surface area contributed by atoms with E-state index < -0.39 is 0 Å². The van der Waals surface area contributed by atoms with E-state index in [2.05, 4.69) is 15.3 Å². The lowest BCUT2D eigenvalue weighted by Gasteiger charge is -2.38. The number of amides is 1. The standard InChI is InChI=1S/C12H13N5O2/c1-19-11-10(3-2-4-13-11)12(18)16-7-9(8-16)17-6-5-14-15-17/h2-6,9H,7-8H2,1H3. The summed E-state index contributed by atoms with van der Waals surface area (Å²) < 4.78 is 6.87. The third-order valence-electron chi connectivity index (χ3n) is 3.16. The number of carbonyl (C=O) groups excluding carboxylic acids is 1. The largest absolute Gasteiger partial charge is 0.480 e. The molecule has 1 saturated heterocycles. The first-order valence-electron chi connectivity index (χ1n) is 5.93. The molecule has 98 valence electrons. The van der Waals surface area contributed by atoms with Gasteiger partial charge in [0.05, 0.1) is 19.3 Å². The number of carbonyl (C=O) groups is 1. The number of hydrogen-bond acceptors (Lipinski definition) is 5. The molecule has 0 aliphatic carbocycles. The molecule has 2 aromatic rings. The number of ether oxygens (including phenoxy) is 1. The van der Waals surface area contributed by atoms with Crippen LogP contribution in [0.15, 0.2) is 30.7 Å². The zero-order valence-corrected chi connectivity index (χ0v) is 10.4. The Labute approximate surface area is 109 Å². The van der Waals surface area contributed by atoms with E-state index in [1.807, 2.05) is 0 Å². The fraction of sp³-hybridized carbons (Fsp3) is 0.333. The fourth-order valence-corrected chi connectivity index (χ4v) is 2.09. The highest BCUT2D eigenvalue weighted by molar-refractivity contribution is 5.96. The van der Waals surface area contributed by atoms with E-state index in [0.29, 0.717) is 24.5 Å². The van der Waals surface area contributed by atoms with E-state index in [0.717, 1.165) is 0 Å². The molecule has 2 aromatic heterocycles. The van der Waals surface area contributed by atoms with E-state index in [-0.39, 0.29) is 11.9 Å². The van der Waals surface area contributed by atoms with E-state index >= 15 is 0 Å². The molecule has 3 heterocycles. The van der Waals surface area contributed by atoms with Crippen molar-refractivity contribution >= 4 is 5.91 Å². The third-order valence-corrected chi connectivity index (χ3v) is 3.16. The van der Waals surface area contributed by atoms with Crippen molar-refractivity contribution in [3.8, 4) is 5.88 Å². The molecular formula is C12H13N5O2. The highest BCUT2D eigenvalue weighted by Gasteiger charge is 2.34. The van der Waals surface area contributed by atoms with Crippen molar-refractivity contribution in [1.29, 1.82) is 0 Å². The first-order chi connectivity index (χ1) is 9.29. The fourth-order valence-electron chi connectivity index (χ4n) is 2.09. The van der Waals surface area contributed by atoms with Gasteiger partial charge in [-0.25, -0.2) is 9.67 Å². The molecule has 1 fully saturated rings. The summed E-state index contributed by atoms with van der Waals surface area (Å²) in [6, 6.07) is 3.65. The molecule has 0 spiro atoms. The lowest BCUT2D eigenvalue weighted by atomic mass is 10.1. The van der Waals surface area contributed by atoms with Crippen LogP contribution in [0.25, 0.3) is 0 Å². The lowest BCUT2D eigenvalue weighted by Crippen LogP contribution is -2.51. The molecule has 0 saturated carbocycles. The molecule has 19 heavy (non-hydrogen) atoms. The Bertz CT molecular complexity index is 578. The van der Waals surface area contributed by atoms with Crippen LogP contribution in [0.1, 0.15) is 16.4 Å². The molecule has 7 nitrogen and oxygen atoms in total. The summed E-state index contributed by atoms with van der Waals surface area (Å²) >= 11 is 0. The zero-order valence-electron chi connectivity index (χ0n) is 10.4. The number of aromatic nitrogens is 4. The third kappa shape index (κ3) is 2.03. The van der Waals surface area contributed by atoms with Crippen molar-refractivity contribution in [2.24, 2.45) is 0 Å². The van der Waals surface area contributed by atoms with Gasteiger partial charge < -0.3 is 9.64 Å². The zero-order chi connectivity index (χ0) is 13.2. The Kier molecular flexibility index (Phi) is 2.86. The second-order valence-corrected chi connectivity index (χ2v) is 4.31. The van der Waals surface area contributed by atoms with E-state index in [1.165, 1.54) is 7.11 Å². The molecular weight excluding hydrogens is 246 g/mol. The van der Waals surface area contributed by atoms with Crippen LogP contribution in [0.3, 0.4) is 0 Å². The van der Waals surface area contributed by atoms with Gasteiger partial charge in [-0.15, -0.1) is 5.10 Å². The van der Waals surface area contributed by atoms with Crippen LogP contribution in [0, 0.1) is 0 Å². The van der Waals surface area contributed by atoms with Crippen molar-refractivity contribution in [3.05, 3.63) is 36.3 Å². The summed E-state index contributed by atoms with van der Waals surface area (Å²) in [5.74, 6) is 0.290. The number of nitrogens with zero attached hydrogens (tertiary/aromatic N) is 5. The second kappa shape index (κ2) is 4.68. The minimum Gasteiger partial charge on any atom is -0.480 e. The van der Waals surface area contributed by atoms with Gasteiger partial charge in [0.25, 0.3) is 5.91 Å². The van der Waals surface area contributed by atoms with E-state index in [9.17, 15) is 4.79 Å². The van der Waals surface area contributed by atoms with Gasteiger partial charge in [0, 0.05) is 25.5 Å². The van der Waals surface area contributed by atoms with Crippen molar-refractivity contribution < 1.29 is 9.53 Å². The van der Waals surface area contributed by atoms with Gasteiger partial charge in [-0.05, 0) is 12.1 Å². The van der Waals surface area contributed by atoms with E-state index in [4.69, 9.17) is 4.74 Å². The maximum atomic E-state index is 12.3. The molecule has 1 aliphatic heterocycles. The highest BCUT2D eigenvalue weighted by atomic mass is 16.5. The minimum atomic E-state index is -0.0682. The Balaban J connectivity index is 1.70. The first-order valence-corrected chi connectivity index (χ1v) is 5.93. The number of hydrogen-bond donors (Lipinski definition) is 0. The van der Waals surface area contributed by atoms with Gasteiger partial charge in [-0.1, -0.05) is 5.21 Å². The molecule has 0 unspecified atom stereocenters. The Morgan fingerprint density at radius 1 is 1.42 bits per heavy atom. The van der Waals surface area contributed by atoms with Gasteiger partial charge in [-0.3, -0.25) is 4.79 Å². The molecule has 0 aromatic carbocycles. The molecule has 1 aliphatic rings. The van der Waals surface area contributed by atoms with Gasteiger partial charge in [-0.2, -0.15) is 0 Å². The van der Waals surface area contributed by atoms with Gasteiger partial charge in [0.15, 0.2) is 0 Å². The second-order valence-electron chi connectivity index (χ2n) is 4.31. The molecule has 3 rings (SSSR count). The van der Waals surface area contributed by atoms with Crippen molar-refractivity contribution in [1.82, 2.24) is 24.9 Å². The quantitative estimate of drug-likeness (QED) is 0.796. The summed E-state index contributed by atoms with van der Waals surface area (Å²) in [6.07, 6.45) is 5.04. The predicted molar refractivity (Wildman–Crippen MR) is 65.8 cm³/mol. The first kappa shape index (κ1) is 11.6. The Hall–Kier alpha value is -2.44. The van der Waals surface area contributed by atoms with E-state index in [1.54, 1.807) is 40.3 Å². The lowest BCUT2D eigenvalue weighted by molar-refractivity contribution is 0.0494. The summed E-state index contributed by atoms with van der Waals surface area (Å²) in [7, 11) is 1.51. The number of pyridine rings is 1. The minimum absolute atomic E-state index is 0.0682. The van der Waals surface area contributed by atoms with Crippen molar-refractivity contribution in [2.75, 3.05) is 20.2 Å². The molecule has 0 N–H and O–H groups in total. The van der Waals surface area contributed by atoms with Gasteiger partial charge in [0.2, 0.25) is 5.88 Å². The van der Waals surface area contributed by atoms with Crippen LogP contribution >= 0.6 is 0 Å². The van der Waals surface area contributed by atoms with Crippen LogP contribution in [-0.2, 0) is 0 Å². The van der Waals surface area contributed by atoms with Gasteiger partial charge >= 0.3 is 0 Å². The number of likely N-dealkylation sites (tertiary alicyclic amines) is 1. The monoisotopic (exact) mass is 259 g/mol. The number of rotatable bonds is 3. The Morgan fingerprint density at radius 2 is 2.26 bits per heavy atom. The average Bonchev–Trinajstić information content (AvgIpc) is 2.90.